The van der Waals surface area contributed by atoms with Crippen LogP contribution in [-0.2, 0) is 10.0 Å². The Balaban J connectivity index is 2.49. The van der Waals surface area contributed by atoms with Crippen LogP contribution < -0.4 is 4.31 Å². The second kappa shape index (κ2) is 5.42. The van der Waals surface area contributed by atoms with Crippen molar-refractivity contribution in [2.24, 2.45) is 0 Å². The molecule has 20 heavy (non-hydrogen) atoms. The summed E-state index contributed by atoms with van der Waals surface area (Å²) in [6.45, 7) is 1.74. The Morgan fingerprint density at radius 1 is 1.10 bits per heavy atom. The number of benzene rings is 2. The van der Waals surface area contributed by atoms with Crippen LogP contribution in [0.4, 0.5) is 10.1 Å². The average Bonchev–Trinajstić information content (AvgIpc) is 2.41. The van der Waals surface area contributed by atoms with E-state index in [2.05, 4.69) is 0 Å². The van der Waals surface area contributed by atoms with Gasteiger partial charge in [-0.05, 0) is 48.9 Å². The number of hydrogen-bond donors (Lipinski definition) is 0. The molecule has 0 aliphatic rings. The number of anilines is 1. The Bertz CT molecular complexity index is 729. The van der Waals surface area contributed by atoms with Crippen LogP contribution in [0.5, 0.6) is 0 Å². The van der Waals surface area contributed by atoms with Gasteiger partial charge in [0.25, 0.3) is 10.0 Å². The molecule has 0 saturated carbocycles. The molecule has 0 heterocycles. The maximum absolute atomic E-state index is 12.9. The van der Waals surface area contributed by atoms with E-state index in [0.717, 1.165) is 16.4 Å². The van der Waals surface area contributed by atoms with E-state index >= 15 is 0 Å². The Labute approximate surface area is 122 Å². The summed E-state index contributed by atoms with van der Waals surface area (Å²) >= 11 is 6.00. The molecule has 2 aromatic carbocycles. The number of halogens is 2. The van der Waals surface area contributed by atoms with E-state index in [1.807, 2.05) is 0 Å². The molecule has 0 aromatic heterocycles. The van der Waals surface area contributed by atoms with E-state index in [9.17, 15) is 12.8 Å². The molecule has 0 bridgehead atoms. The first-order valence-electron chi connectivity index (χ1n) is 5.83. The standard InChI is InChI=1S/C14H13ClFNO2S/c1-10-13(15)4-3-5-14(10)17(2)20(18,19)12-8-6-11(16)7-9-12/h3-9H,1-2H3. The summed E-state index contributed by atoms with van der Waals surface area (Å²) in [5.74, 6) is -0.481. The fraction of sp³-hybridized carbons (Fsp3) is 0.143. The van der Waals surface area contributed by atoms with E-state index in [1.165, 1.54) is 19.2 Å². The third kappa shape index (κ3) is 2.64. The molecular formula is C14H13ClFNO2S. The highest BCUT2D eigenvalue weighted by Gasteiger charge is 2.22. The minimum Gasteiger partial charge on any atom is -0.269 e. The predicted molar refractivity (Wildman–Crippen MR) is 78.2 cm³/mol. The lowest BCUT2D eigenvalue weighted by Gasteiger charge is -2.21. The molecule has 2 aromatic rings. The van der Waals surface area contributed by atoms with Gasteiger partial charge in [-0.2, -0.15) is 0 Å². The van der Waals surface area contributed by atoms with Crippen LogP contribution in [0.1, 0.15) is 5.56 Å². The van der Waals surface area contributed by atoms with Gasteiger partial charge in [-0.3, -0.25) is 4.31 Å². The fourth-order valence-electron chi connectivity index (χ4n) is 1.83. The SMILES string of the molecule is Cc1c(Cl)cccc1N(C)S(=O)(=O)c1ccc(F)cc1. The lowest BCUT2D eigenvalue weighted by Crippen LogP contribution is -2.27. The average molecular weight is 314 g/mol. The van der Waals surface area contributed by atoms with Gasteiger partial charge in [-0.25, -0.2) is 12.8 Å². The van der Waals surface area contributed by atoms with E-state index in [-0.39, 0.29) is 4.90 Å². The van der Waals surface area contributed by atoms with Crippen LogP contribution in [0.2, 0.25) is 5.02 Å². The second-order valence-corrected chi connectivity index (χ2v) is 6.69. The van der Waals surface area contributed by atoms with Crippen molar-refractivity contribution in [3.05, 3.63) is 58.9 Å². The van der Waals surface area contributed by atoms with Crippen molar-refractivity contribution in [1.29, 1.82) is 0 Å². The molecule has 0 radical (unpaired) electrons. The van der Waals surface area contributed by atoms with Gasteiger partial charge in [0.1, 0.15) is 5.82 Å². The lowest BCUT2D eigenvalue weighted by molar-refractivity contribution is 0.593. The molecule has 0 fully saturated rings. The summed E-state index contributed by atoms with van der Waals surface area (Å²) in [6.07, 6.45) is 0. The molecule has 0 saturated heterocycles. The summed E-state index contributed by atoms with van der Waals surface area (Å²) in [5.41, 5.74) is 1.16. The van der Waals surface area contributed by atoms with Gasteiger partial charge in [0.2, 0.25) is 0 Å². The summed E-state index contributed by atoms with van der Waals surface area (Å²) < 4.78 is 39.0. The summed E-state index contributed by atoms with van der Waals surface area (Å²) in [5, 5.41) is 0.489. The molecular weight excluding hydrogens is 301 g/mol. The molecule has 0 aliphatic heterocycles. The number of hydrogen-bond acceptors (Lipinski definition) is 2. The van der Waals surface area contributed by atoms with Crippen LogP contribution in [0.3, 0.4) is 0 Å². The Hall–Kier alpha value is -1.59. The van der Waals surface area contributed by atoms with Crippen LogP contribution in [-0.4, -0.2) is 15.5 Å². The van der Waals surface area contributed by atoms with Crippen LogP contribution >= 0.6 is 11.6 Å². The predicted octanol–water partition coefficient (Wildman–Crippen LogP) is 3.61. The van der Waals surface area contributed by atoms with Gasteiger partial charge in [0.05, 0.1) is 10.6 Å². The van der Waals surface area contributed by atoms with Gasteiger partial charge in [0, 0.05) is 12.1 Å². The normalized spacial score (nSPS) is 11.4. The minimum absolute atomic E-state index is 0.0285. The zero-order valence-corrected chi connectivity index (χ0v) is 12.5. The van der Waals surface area contributed by atoms with Crippen molar-refractivity contribution in [3.63, 3.8) is 0 Å². The molecule has 0 aliphatic carbocycles. The summed E-state index contributed by atoms with van der Waals surface area (Å²) in [7, 11) is -2.30. The highest BCUT2D eigenvalue weighted by molar-refractivity contribution is 7.92. The Kier molecular flexibility index (Phi) is 4.01. The second-order valence-electron chi connectivity index (χ2n) is 4.31. The minimum atomic E-state index is -3.74. The monoisotopic (exact) mass is 313 g/mol. The molecule has 0 spiro atoms. The number of sulfonamides is 1. The molecule has 0 N–H and O–H groups in total. The Morgan fingerprint density at radius 3 is 2.30 bits per heavy atom. The van der Waals surface area contributed by atoms with Crippen molar-refractivity contribution < 1.29 is 12.8 Å². The number of rotatable bonds is 3. The Morgan fingerprint density at radius 2 is 1.70 bits per heavy atom. The smallest absolute Gasteiger partial charge is 0.264 e. The summed E-state index contributed by atoms with van der Waals surface area (Å²) in [6, 6.07) is 9.75. The van der Waals surface area contributed by atoms with Crippen LogP contribution in [0, 0.1) is 12.7 Å². The number of nitrogens with zero attached hydrogens (tertiary/aromatic N) is 1. The maximum atomic E-state index is 12.9. The highest BCUT2D eigenvalue weighted by Crippen LogP contribution is 2.29. The van der Waals surface area contributed by atoms with Gasteiger partial charge in [-0.15, -0.1) is 0 Å². The maximum Gasteiger partial charge on any atom is 0.264 e. The van der Waals surface area contributed by atoms with Crippen molar-refractivity contribution in [3.8, 4) is 0 Å². The third-order valence-electron chi connectivity index (χ3n) is 3.05. The van der Waals surface area contributed by atoms with E-state index < -0.39 is 15.8 Å². The van der Waals surface area contributed by atoms with Crippen molar-refractivity contribution in [2.45, 2.75) is 11.8 Å². The molecule has 0 amide bonds. The zero-order valence-electron chi connectivity index (χ0n) is 11.0. The third-order valence-corrected chi connectivity index (χ3v) is 5.25. The van der Waals surface area contributed by atoms with Gasteiger partial charge in [0.15, 0.2) is 0 Å². The van der Waals surface area contributed by atoms with Crippen molar-refractivity contribution >= 4 is 27.3 Å². The quantitative estimate of drug-likeness (QED) is 0.868. The largest absolute Gasteiger partial charge is 0.269 e. The van der Waals surface area contributed by atoms with Crippen molar-refractivity contribution in [2.75, 3.05) is 11.4 Å². The van der Waals surface area contributed by atoms with E-state index in [4.69, 9.17) is 11.6 Å². The van der Waals surface area contributed by atoms with E-state index in [1.54, 1.807) is 25.1 Å². The highest BCUT2D eigenvalue weighted by atomic mass is 35.5. The zero-order chi connectivity index (χ0) is 14.9. The molecule has 3 nitrogen and oxygen atoms in total. The first-order chi connectivity index (χ1) is 9.34. The van der Waals surface area contributed by atoms with Crippen LogP contribution in [0.15, 0.2) is 47.4 Å². The lowest BCUT2D eigenvalue weighted by atomic mass is 10.2. The molecule has 106 valence electrons. The molecule has 2 rings (SSSR count). The van der Waals surface area contributed by atoms with Crippen LogP contribution in [0.25, 0.3) is 0 Å². The van der Waals surface area contributed by atoms with Gasteiger partial charge < -0.3 is 0 Å². The van der Waals surface area contributed by atoms with E-state index in [0.29, 0.717) is 16.3 Å². The van der Waals surface area contributed by atoms with Gasteiger partial charge >= 0.3 is 0 Å². The molecule has 0 unspecified atom stereocenters. The summed E-state index contributed by atoms with van der Waals surface area (Å²) in [4.78, 5) is 0.0285. The first kappa shape index (κ1) is 14.8. The fourth-order valence-corrected chi connectivity index (χ4v) is 3.25. The first-order valence-corrected chi connectivity index (χ1v) is 7.65. The van der Waals surface area contributed by atoms with Gasteiger partial charge in [-0.1, -0.05) is 17.7 Å². The molecule has 0 atom stereocenters. The molecule has 6 heteroatoms. The topological polar surface area (TPSA) is 37.4 Å². The van der Waals surface area contributed by atoms with Crippen molar-refractivity contribution in [1.82, 2.24) is 0 Å².